The molecule has 2 fully saturated rings. The average Bonchev–Trinajstić information content (AvgIpc) is 3.68. The van der Waals surface area contributed by atoms with E-state index in [2.05, 4.69) is 41.8 Å². The Morgan fingerprint density at radius 1 is 1.15 bits per heavy atom. The molecule has 6 rings (SSSR count). The first-order valence-corrected chi connectivity index (χ1v) is 14.2. The van der Waals surface area contributed by atoms with Crippen LogP contribution in [0.3, 0.4) is 0 Å². The molecule has 2 unspecified atom stereocenters. The summed E-state index contributed by atoms with van der Waals surface area (Å²) in [5.74, 6) is -0.336. The summed E-state index contributed by atoms with van der Waals surface area (Å²) in [6, 6.07) is 16.0. The number of aryl methyl sites for hydroxylation is 1. The van der Waals surface area contributed by atoms with Crippen molar-refractivity contribution in [3.05, 3.63) is 69.7 Å². The van der Waals surface area contributed by atoms with Gasteiger partial charge in [-0.1, -0.05) is 11.3 Å². The summed E-state index contributed by atoms with van der Waals surface area (Å²) >= 11 is 1.29. The molecular formula is C30H31FN6OS. The maximum Gasteiger partial charge on any atom is 0.258 e. The zero-order valence-corrected chi connectivity index (χ0v) is 23.4. The largest absolute Gasteiger partial charge is 0.366 e. The highest BCUT2D eigenvalue weighted by Crippen LogP contribution is 2.40. The van der Waals surface area contributed by atoms with E-state index in [0.29, 0.717) is 51.3 Å². The summed E-state index contributed by atoms with van der Waals surface area (Å²) in [6.45, 7) is 9.08. The molecule has 0 saturated carbocycles. The normalized spacial score (nSPS) is 18.8. The number of pyridine rings is 1. The topological polar surface area (TPSA) is 68.4 Å². The van der Waals surface area contributed by atoms with Crippen molar-refractivity contribution in [2.45, 2.75) is 51.9 Å². The monoisotopic (exact) mass is 542 g/mol. The molecule has 2 aliphatic rings. The summed E-state index contributed by atoms with van der Waals surface area (Å²) in [4.78, 5) is 25.6. The van der Waals surface area contributed by atoms with Gasteiger partial charge in [0.1, 0.15) is 22.5 Å². The van der Waals surface area contributed by atoms with Crippen LogP contribution in [0.5, 0.6) is 0 Å². The molecule has 2 aromatic carbocycles. The molecule has 4 aromatic rings. The molecule has 9 heteroatoms. The Bertz CT molecular complexity index is 1650. The number of thiazole rings is 1. The second-order valence-corrected chi connectivity index (χ2v) is 11.7. The maximum absolute atomic E-state index is 13.5. The van der Waals surface area contributed by atoms with Crippen molar-refractivity contribution in [1.82, 2.24) is 14.5 Å². The third kappa shape index (κ3) is 4.28. The van der Waals surface area contributed by atoms with Crippen molar-refractivity contribution in [3.8, 4) is 17.3 Å². The highest BCUT2D eigenvalue weighted by molar-refractivity contribution is 7.16. The summed E-state index contributed by atoms with van der Waals surface area (Å²) in [5, 5.41) is 12.0. The van der Waals surface area contributed by atoms with Crippen molar-refractivity contribution in [3.63, 3.8) is 0 Å². The Hall–Kier alpha value is -3.74. The Balaban J connectivity index is 1.43. The summed E-state index contributed by atoms with van der Waals surface area (Å²) in [7, 11) is 1.92. The minimum atomic E-state index is -0.336. The number of nitrogens with zero attached hydrogens (tertiary/aromatic N) is 6. The number of fused-ring (bicyclic) bond motifs is 3. The van der Waals surface area contributed by atoms with E-state index < -0.39 is 0 Å². The standard InChI is InChI=1S/C30H31FN6OS/c1-5-35-17-26(34(4)30-33-28(27(14-32)39-30)19-6-8-20(31)9-7-19)25-13-21(10-11-24(25)29(35)38)37-16-22-12-23(37)15-36(22)18(2)3/h6-11,13,17-18,22-23H,5,12,15-16H2,1-4H3. The molecule has 2 saturated heterocycles. The first kappa shape index (κ1) is 25.5. The molecule has 0 N–H and O–H groups in total. The molecule has 200 valence electrons. The number of benzene rings is 2. The van der Waals surface area contributed by atoms with E-state index in [1.165, 1.54) is 29.9 Å². The second-order valence-electron chi connectivity index (χ2n) is 10.7. The van der Waals surface area contributed by atoms with Gasteiger partial charge in [-0.05, 0) is 69.7 Å². The number of anilines is 3. The van der Waals surface area contributed by atoms with Gasteiger partial charge in [0.05, 0.1) is 5.69 Å². The molecule has 2 atom stereocenters. The van der Waals surface area contributed by atoms with Crippen LogP contribution in [0.25, 0.3) is 22.0 Å². The van der Waals surface area contributed by atoms with Crippen LogP contribution in [0.15, 0.2) is 53.5 Å². The molecule has 0 spiro atoms. The lowest BCUT2D eigenvalue weighted by Crippen LogP contribution is -2.48. The van der Waals surface area contributed by atoms with Gasteiger partial charge in [-0.3, -0.25) is 9.69 Å². The molecule has 0 aliphatic carbocycles. The van der Waals surface area contributed by atoms with Gasteiger partial charge in [0.15, 0.2) is 5.13 Å². The number of hydrogen-bond acceptors (Lipinski definition) is 7. The first-order valence-electron chi connectivity index (χ1n) is 13.4. The lowest BCUT2D eigenvalue weighted by atomic mass is 10.1. The summed E-state index contributed by atoms with van der Waals surface area (Å²) in [6.07, 6.45) is 3.05. The fourth-order valence-electron chi connectivity index (χ4n) is 6.12. The number of nitriles is 1. The molecule has 39 heavy (non-hydrogen) atoms. The van der Waals surface area contributed by atoms with Gasteiger partial charge in [0.25, 0.3) is 5.56 Å². The molecule has 0 amide bonds. The third-order valence-electron chi connectivity index (χ3n) is 8.15. The minimum Gasteiger partial charge on any atom is -0.366 e. The van der Waals surface area contributed by atoms with Crippen LogP contribution in [0.1, 0.15) is 32.1 Å². The molecule has 0 radical (unpaired) electrons. The smallest absolute Gasteiger partial charge is 0.258 e. The second kappa shape index (κ2) is 9.78. The number of halogens is 1. The summed E-state index contributed by atoms with van der Waals surface area (Å²) < 4.78 is 15.2. The van der Waals surface area contributed by atoms with Crippen LogP contribution in [-0.2, 0) is 6.54 Å². The number of piperazine rings is 1. The maximum atomic E-state index is 13.5. The van der Waals surface area contributed by atoms with Crippen LogP contribution < -0.4 is 15.4 Å². The van der Waals surface area contributed by atoms with Crippen molar-refractivity contribution < 1.29 is 4.39 Å². The van der Waals surface area contributed by atoms with Gasteiger partial charge in [-0.25, -0.2) is 9.37 Å². The molecule has 7 nitrogen and oxygen atoms in total. The fraction of sp³-hybridized carbons (Fsp3) is 0.367. The Morgan fingerprint density at radius 3 is 2.56 bits per heavy atom. The molecule has 2 aliphatic heterocycles. The van der Waals surface area contributed by atoms with E-state index in [0.717, 1.165) is 29.9 Å². The zero-order valence-electron chi connectivity index (χ0n) is 22.6. The quantitative estimate of drug-likeness (QED) is 0.316. The highest BCUT2D eigenvalue weighted by Gasteiger charge is 2.44. The average molecular weight is 543 g/mol. The zero-order chi connectivity index (χ0) is 27.4. The number of aromatic nitrogens is 2. The SMILES string of the molecule is CCn1cc(N(C)c2nc(-c3ccc(F)cc3)c(C#N)s2)c2cc(N3CC4CC3CN4C(C)C)ccc2c1=O. The minimum absolute atomic E-state index is 0.0195. The predicted octanol–water partition coefficient (Wildman–Crippen LogP) is 5.59. The van der Waals surface area contributed by atoms with Gasteiger partial charge in [0.2, 0.25) is 0 Å². The van der Waals surface area contributed by atoms with Gasteiger partial charge in [-0.2, -0.15) is 5.26 Å². The molecule has 2 bridgehead atoms. The van der Waals surface area contributed by atoms with Crippen LogP contribution in [-0.4, -0.2) is 52.7 Å². The lowest BCUT2D eigenvalue weighted by molar-refractivity contribution is 0.191. The number of rotatable bonds is 6. The van der Waals surface area contributed by atoms with E-state index >= 15 is 0 Å². The third-order valence-corrected chi connectivity index (χ3v) is 9.19. The Morgan fingerprint density at radius 2 is 1.92 bits per heavy atom. The van der Waals surface area contributed by atoms with Crippen molar-refractivity contribution in [1.29, 1.82) is 5.26 Å². The Kier molecular flexibility index (Phi) is 6.40. The van der Waals surface area contributed by atoms with Gasteiger partial charge >= 0.3 is 0 Å². The van der Waals surface area contributed by atoms with Gasteiger partial charge in [0, 0.05) is 73.0 Å². The van der Waals surface area contributed by atoms with E-state index in [1.807, 2.05) is 31.1 Å². The number of hydrogen-bond donors (Lipinski definition) is 0. The van der Waals surface area contributed by atoms with Crippen LogP contribution in [0.4, 0.5) is 20.9 Å². The van der Waals surface area contributed by atoms with E-state index in [4.69, 9.17) is 4.98 Å². The summed E-state index contributed by atoms with van der Waals surface area (Å²) in [5.41, 5.74) is 3.18. The van der Waals surface area contributed by atoms with Crippen molar-refractivity contribution in [2.24, 2.45) is 0 Å². The molecule has 2 aromatic heterocycles. The predicted molar refractivity (Wildman–Crippen MR) is 156 cm³/mol. The lowest BCUT2D eigenvalue weighted by Gasteiger charge is -2.37. The van der Waals surface area contributed by atoms with Gasteiger partial charge < -0.3 is 14.4 Å². The molecular weight excluding hydrogens is 511 g/mol. The van der Waals surface area contributed by atoms with Crippen molar-refractivity contribution in [2.75, 3.05) is 29.9 Å². The van der Waals surface area contributed by atoms with Crippen LogP contribution in [0, 0.1) is 17.1 Å². The fourth-order valence-corrected chi connectivity index (χ4v) is 6.98. The van der Waals surface area contributed by atoms with E-state index in [1.54, 1.807) is 16.7 Å². The van der Waals surface area contributed by atoms with Crippen LogP contribution in [0.2, 0.25) is 0 Å². The molecule has 4 heterocycles. The first-order chi connectivity index (χ1) is 18.8. The number of likely N-dealkylation sites (tertiary alicyclic amines) is 1. The van der Waals surface area contributed by atoms with Crippen molar-refractivity contribution >= 4 is 38.6 Å². The van der Waals surface area contributed by atoms with Crippen LogP contribution >= 0.6 is 11.3 Å². The highest BCUT2D eigenvalue weighted by atomic mass is 32.1. The Labute approximate surface area is 231 Å². The van der Waals surface area contributed by atoms with E-state index in [9.17, 15) is 14.4 Å². The van der Waals surface area contributed by atoms with Gasteiger partial charge in [-0.15, -0.1) is 0 Å². The van der Waals surface area contributed by atoms with E-state index in [-0.39, 0.29) is 11.4 Å².